The standard InChI is InChI=1S/C22H30N6O8.ClH/c1-11(2)15(27(4)5)20(31)34-12(3)35-21(32)33-9-22(8-23)18(30)16(29)17(36-22)13-6-7-14-19(24)25-10-26-28(13)14;/h6-7,10-12,15-18,29-30H,9H2,1-5H3,(H2,24,25,26);1H/t12?,15-,16-,17-,18-,22+;/m0./s1. The van der Waals surface area contributed by atoms with E-state index in [0.717, 1.165) is 0 Å². The number of aliphatic hydroxyl groups excluding tert-OH is 2. The Balaban J connectivity index is 0.00000481. The summed E-state index contributed by atoms with van der Waals surface area (Å²) < 4.78 is 22.2. The van der Waals surface area contributed by atoms with E-state index in [1.54, 1.807) is 37.2 Å². The Kier molecular flexibility index (Phi) is 9.64. The van der Waals surface area contributed by atoms with Gasteiger partial charge >= 0.3 is 12.1 Å². The Morgan fingerprint density at radius 2 is 1.97 bits per heavy atom. The Morgan fingerprint density at radius 1 is 1.30 bits per heavy atom. The number of carbonyl (C=O) groups is 2. The van der Waals surface area contributed by atoms with Crippen LogP contribution in [0.5, 0.6) is 0 Å². The van der Waals surface area contributed by atoms with Gasteiger partial charge in [0.2, 0.25) is 11.9 Å². The van der Waals surface area contributed by atoms with Crippen molar-refractivity contribution >= 4 is 35.9 Å². The van der Waals surface area contributed by atoms with Gasteiger partial charge in [0.05, 0.1) is 5.69 Å². The smallest absolute Gasteiger partial charge is 0.430 e. The van der Waals surface area contributed by atoms with Crippen molar-refractivity contribution in [1.82, 2.24) is 19.5 Å². The molecule has 14 nitrogen and oxygen atoms in total. The van der Waals surface area contributed by atoms with Gasteiger partial charge in [0.25, 0.3) is 0 Å². The second-order valence-electron chi connectivity index (χ2n) is 8.99. The zero-order valence-corrected chi connectivity index (χ0v) is 21.8. The minimum Gasteiger partial charge on any atom is -0.430 e. The van der Waals surface area contributed by atoms with Gasteiger partial charge in [-0.1, -0.05) is 13.8 Å². The molecule has 1 aliphatic heterocycles. The fourth-order valence-corrected chi connectivity index (χ4v) is 4.15. The summed E-state index contributed by atoms with van der Waals surface area (Å²) in [5.74, 6) is -0.460. The first-order chi connectivity index (χ1) is 16.9. The quantitative estimate of drug-likeness (QED) is 0.307. The van der Waals surface area contributed by atoms with E-state index in [2.05, 4.69) is 10.1 Å². The molecule has 3 heterocycles. The summed E-state index contributed by atoms with van der Waals surface area (Å²) in [5.41, 5.74) is 4.44. The summed E-state index contributed by atoms with van der Waals surface area (Å²) in [6, 6.07) is 4.36. The lowest BCUT2D eigenvalue weighted by molar-refractivity contribution is -0.176. The fraction of sp³-hybridized carbons (Fsp3) is 0.591. The number of ether oxygens (including phenoxy) is 4. The molecule has 6 atom stereocenters. The average molecular weight is 543 g/mol. The summed E-state index contributed by atoms with van der Waals surface area (Å²) in [4.78, 5) is 30.2. The van der Waals surface area contributed by atoms with Crippen LogP contribution in [-0.4, -0.2) is 92.7 Å². The van der Waals surface area contributed by atoms with Gasteiger partial charge < -0.3 is 34.9 Å². The highest BCUT2D eigenvalue weighted by molar-refractivity contribution is 5.85. The summed E-state index contributed by atoms with van der Waals surface area (Å²) in [7, 11) is 3.45. The number of esters is 1. The Hall–Kier alpha value is -3.22. The van der Waals surface area contributed by atoms with Crippen LogP contribution in [0.4, 0.5) is 10.6 Å². The molecule has 1 fully saturated rings. The van der Waals surface area contributed by atoms with Gasteiger partial charge in [-0.3, -0.25) is 9.69 Å². The van der Waals surface area contributed by atoms with E-state index in [9.17, 15) is 25.1 Å². The largest absolute Gasteiger partial charge is 0.511 e. The molecule has 4 N–H and O–H groups in total. The van der Waals surface area contributed by atoms with Crippen LogP contribution in [0.2, 0.25) is 0 Å². The SMILES string of the molecule is CC(OC(=O)OC[C@@]1(C#N)O[C@@H](c2ccc3c(N)ncnn23)[C@H](O)[C@@H]1O)OC(=O)[C@H](C(C)C)N(C)C.Cl. The molecule has 2 aromatic rings. The molecule has 1 aliphatic rings. The molecule has 15 heteroatoms. The first-order valence-electron chi connectivity index (χ1n) is 11.2. The van der Waals surface area contributed by atoms with Gasteiger partial charge in [0.15, 0.2) is 5.82 Å². The van der Waals surface area contributed by atoms with Crippen LogP contribution < -0.4 is 5.73 Å². The third kappa shape index (κ3) is 6.03. The molecular weight excluding hydrogens is 512 g/mol. The maximum atomic E-state index is 12.4. The highest BCUT2D eigenvalue weighted by Crippen LogP contribution is 2.40. The molecule has 0 aromatic carbocycles. The number of likely N-dealkylation sites (N-methyl/N-ethyl adjacent to an activating group) is 1. The Bertz CT molecular complexity index is 1150. The molecule has 0 bridgehead atoms. The number of carbonyl (C=O) groups excluding carboxylic acids is 2. The number of hydrogen-bond donors (Lipinski definition) is 3. The highest BCUT2D eigenvalue weighted by Gasteiger charge is 2.57. The van der Waals surface area contributed by atoms with E-state index in [1.165, 1.54) is 17.8 Å². The monoisotopic (exact) mass is 542 g/mol. The number of nitrogens with two attached hydrogens (primary N) is 1. The van der Waals surface area contributed by atoms with Gasteiger partial charge in [-0.05, 0) is 32.1 Å². The number of aromatic nitrogens is 3. The molecule has 0 saturated carbocycles. The zero-order chi connectivity index (χ0) is 26.8. The predicted octanol–water partition coefficient (Wildman–Crippen LogP) is 0.417. The molecular formula is C22H31ClN6O8. The summed E-state index contributed by atoms with van der Waals surface area (Å²) in [5, 5.41) is 35.1. The molecule has 0 spiro atoms. The van der Waals surface area contributed by atoms with E-state index in [1.807, 2.05) is 13.8 Å². The molecule has 3 rings (SSSR count). The Morgan fingerprint density at radius 3 is 2.57 bits per heavy atom. The number of anilines is 1. The molecule has 1 saturated heterocycles. The average Bonchev–Trinajstić information content (AvgIpc) is 3.32. The third-order valence-electron chi connectivity index (χ3n) is 5.82. The summed E-state index contributed by atoms with van der Waals surface area (Å²) in [6.07, 6.45) is -5.84. The van der Waals surface area contributed by atoms with Crippen molar-refractivity contribution in [3.05, 3.63) is 24.2 Å². The van der Waals surface area contributed by atoms with Crippen molar-refractivity contribution in [2.24, 2.45) is 5.92 Å². The Labute approximate surface area is 219 Å². The van der Waals surface area contributed by atoms with Crippen LogP contribution in [0.3, 0.4) is 0 Å². The number of nitrogen functional groups attached to an aromatic ring is 1. The van der Waals surface area contributed by atoms with E-state index in [4.69, 9.17) is 24.7 Å². The first kappa shape index (κ1) is 30.0. The van der Waals surface area contributed by atoms with Crippen LogP contribution in [0.25, 0.3) is 5.52 Å². The number of aliphatic hydroxyl groups is 2. The van der Waals surface area contributed by atoms with E-state index in [0.29, 0.717) is 11.2 Å². The van der Waals surface area contributed by atoms with Crippen molar-refractivity contribution in [2.45, 2.75) is 57.0 Å². The number of halogens is 1. The number of rotatable bonds is 8. The maximum Gasteiger partial charge on any atom is 0.511 e. The van der Waals surface area contributed by atoms with Crippen molar-refractivity contribution in [3.63, 3.8) is 0 Å². The first-order valence-corrected chi connectivity index (χ1v) is 11.2. The van der Waals surface area contributed by atoms with Gasteiger partial charge in [-0.2, -0.15) is 10.4 Å². The van der Waals surface area contributed by atoms with E-state index in [-0.39, 0.29) is 24.1 Å². The summed E-state index contributed by atoms with van der Waals surface area (Å²) in [6.45, 7) is 4.25. The predicted molar refractivity (Wildman–Crippen MR) is 129 cm³/mol. The van der Waals surface area contributed by atoms with Crippen molar-refractivity contribution in [1.29, 1.82) is 5.26 Å². The third-order valence-corrected chi connectivity index (χ3v) is 5.82. The minimum absolute atomic E-state index is 0. The topological polar surface area (TPSA) is 195 Å². The fourth-order valence-electron chi connectivity index (χ4n) is 4.15. The van der Waals surface area contributed by atoms with Crippen LogP contribution in [0.15, 0.2) is 18.5 Å². The van der Waals surface area contributed by atoms with Crippen molar-refractivity contribution in [2.75, 3.05) is 26.4 Å². The van der Waals surface area contributed by atoms with Gasteiger partial charge in [0, 0.05) is 6.92 Å². The lowest BCUT2D eigenvalue weighted by Gasteiger charge is -2.27. The van der Waals surface area contributed by atoms with Gasteiger partial charge in [-0.25, -0.2) is 14.3 Å². The number of nitriles is 1. The zero-order valence-electron chi connectivity index (χ0n) is 21.0. The second kappa shape index (κ2) is 11.9. The van der Waals surface area contributed by atoms with Crippen LogP contribution in [0.1, 0.15) is 32.6 Å². The van der Waals surface area contributed by atoms with Crippen molar-refractivity contribution in [3.8, 4) is 6.07 Å². The molecule has 37 heavy (non-hydrogen) atoms. The lowest BCUT2D eigenvalue weighted by Crippen LogP contribution is -2.46. The van der Waals surface area contributed by atoms with Crippen LogP contribution >= 0.6 is 12.4 Å². The van der Waals surface area contributed by atoms with E-state index < -0.39 is 55.0 Å². The van der Waals surface area contributed by atoms with Gasteiger partial charge in [-0.15, -0.1) is 12.4 Å². The molecule has 0 aliphatic carbocycles. The van der Waals surface area contributed by atoms with Crippen molar-refractivity contribution < 1.29 is 38.7 Å². The maximum absolute atomic E-state index is 12.4. The van der Waals surface area contributed by atoms with E-state index >= 15 is 0 Å². The second-order valence-corrected chi connectivity index (χ2v) is 8.99. The molecule has 2 aromatic heterocycles. The summed E-state index contributed by atoms with van der Waals surface area (Å²) >= 11 is 0. The number of nitrogens with zero attached hydrogens (tertiary/aromatic N) is 5. The lowest BCUT2D eigenvalue weighted by atomic mass is 9.96. The highest BCUT2D eigenvalue weighted by atomic mass is 35.5. The molecule has 0 radical (unpaired) electrons. The number of hydrogen-bond acceptors (Lipinski definition) is 13. The van der Waals surface area contributed by atoms with Crippen LogP contribution in [-0.2, 0) is 23.7 Å². The molecule has 1 unspecified atom stereocenters. The molecule has 204 valence electrons. The molecule has 0 amide bonds. The minimum atomic E-state index is -2.11. The number of fused-ring (bicyclic) bond motifs is 1. The normalized spacial score (nSPS) is 24.8. The van der Waals surface area contributed by atoms with Gasteiger partial charge in [0.1, 0.15) is 48.9 Å². The van der Waals surface area contributed by atoms with Crippen LogP contribution in [0, 0.1) is 17.2 Å².